The SMILES string of the molecule is O=C(Cc1ccc(F)cc1)N1CCN=C1c1cccc(Cl)c1. The van der Waals surface area contributed by atoms with Gasteiger partial charge in [0.05, 0.1) is 13.0 Å². The second-order valence-corrected chi connectivity index (χ2v) is 5.50. The molecule has 5 heteroatoms. The third kappa shape index (κ3) is 3.17. The molecule has 1 amide bonds. The largest absolute Gasteiger partial charge is 0.294 e. The van der Waals surface area contributed by atoms with Gasteiger partial charge in [-0.25, -0.2) is 4.39 Å². The number of halogens is 2. The normalized spacial score (nSPS) is 14.1. The van der Waals surface area contributed by atoms with Gasteiger partial charge in [0.2, 0.25) is 5.91 Å². The smallest absolute Gasteiger partial charge is 0.232 e. The second kappa shape index (κ2) is 6.28. The van der Waals surface area contributed by atoms with Gasteiger partial charge in [-0.1, -0.05) is 35.9 Å². The predicted octanol–water partition coefficient (Wildman–Crippen LogP) is 3.31. The molecule has 0 spiro atoms. The first kappa shape index (κ1) is 14.7. The number of benzene rings is 2. The van der Waals surface area contributed by atoms with Crippen molar-refractivity contribution < 1.29 is 9.18 Å². The molecule has 2 aromatic rings. The van der Waals surface area contributed by atoms with Crippen LogP contribution in [-0.2, 0) is 11.2 Å². The molecule has 1 heterocycles. The first-order valence-corrected chi connectivity index (χ1v) is 7.36. The number of aliphatic imine (C=N–C) groups is 1. The Morgan fingerprint density at radius 2 is 2.00 bits per heavy atom. The van der Waals surface area contributed by atoms with Gasteiger partial charge in [0.25, 0.3) is 0 Å². The lowest BCUT2D eigenvalue weighted by Gasteiger charge is -2.18. The van der Waals surface area contributed by atoms with E-state index in [0.29, 0.717) is 23.9 Å². The molecule has 0 aliphatic carbocycles. The number of hydrogen-bond donors (Lipinski definition) is 0. The molecule has 1 aliphatic heterocycles. The van der Waals surface area contributed by atoms with Crippen molar-refractivity contribution in [1.29, 1.82) is 0 Å². The summed E-state index contributed by atoms with van der Waals surface area (Å²) in [6.07, 6.45) is 0.222. The van der Waals surface area contributed by atoms with E-state index in [1.807, 2.05) is 12.1 Å². The van der Waals surface area contributed by atoms with Crippen LogP contribution in [0.3, 0.4) is 0 Å². The van der Waals surface area contributed by atoms with Crippen molar-refractivity contribution in [3.8, 4) is 0 Å². The predicted molar refractivity (Wildman–Crippen MR) is 84.7 cm³/mol. The molecule has 112 valence electrons. The minimum absolute atomic E-state index is 0.0529. The van der Waals surface area contributed by atoms with Crippen LogP contribution in [0.4, 0.5) is 4.39 Å². The van der Waals surface area contributed by atoms with E-state index in [1.54, 1.807) is 29.2 Å². The number of hydrogen-bond acceptors (Lipinski definition) is 2. The summed E-state index contributed by atoms with van der Waals surface area (Å²) < 4.78 is 12.9. The molecule has 0 radical (unpaired) electrons. The van der Waals surface area contributed by atoms with Gasteiger partial charge < -0.3 is 0 Å². The highest BCUT2D eigenvalue weighted by molar-refractivity contribution is 6.31. The van der Waals surface area contributed by atoms with E-state index in [0.717, 1.165) is 11.1 Å². The number of nitrogens with zero attached hydrogens (tertiary/aromatic N) is 2. The summed E-state index contributed by atoms with van der Waals surface area (Å²) >= 11 is 6.00. The number of carbonyl (C=O) groups is 1. The standard InChI is InChI=1S/C17H14ClFN2O/c18-14-3-1-2-13(11-14)17-20-8-9-21(17)16(22)10-12-4-6-15(19)7-5-12/h1-7,11H,8-10H2. The lowest BCUT2D eigenvalue weighted by Crippen LogP contribution is -2.36. The molecule has 0 bridgehead atoms. The van der Waals surface area contributed by atoms with E-state index in [-0.39, 0.29) is 18.1 Å². The average molecular weight is 317 g/mol. The molecule has 3 rings (SSSR count). The number of amidine groups is 1. The molecular formula is C17H14ClFN2O. The maximum absolute atomic E-state index is 12.9. The van der Waals surface area contributed by atoms with Crippen molar-refractivity contribution in [1.82, 2.24) is 4.90 Å². The van der Waals surface area contributed by atoms with E-state index in [1.165, 1.54) is 12.1 Å². The van der Waals surface area contributed by atoms with E-state index < -0.39 is 0 Å². The van der Waals surface area contributed by atoms with E-state index >= 15 is 0 Å². The van der Waals surface area contributed by atoms with E-state index in [4.69, 9.17) is 11.6 Å². The van der Waals surface area contributed by atoms with Gasteiger partial charge >= 0.3 is 0 Å². The van der Waals surface area contributed by atoms with Crippen molar-refractivity contribution >= 4 is 23.3 Å². The number of amides is 1. The van der Waals surface area contributed by atoms with E-state index in [2.05, 4.69) is 4.99 Å². The topological polar surface area (TPSA) is 32.7 Å². The third-order valence-corrected chi connectivity index (χ3v) is 3.73. The Hall–Kier alpha value is -2.20. The molecule has 0 aromatic heterocycles. The fourth-order valence-electron chi connectivity index (χ4n) is 2.44. The Morgan fingerprint density at radius 3 is 2.73 bits per heavy atom. The van der Waals surface area contributed by atoms with Crippen LogP contribution in [0.1, 0.15) is 11.1 Å². The van der Waals surface area contributed by atoms with Gasteiger partial charge in [-0.05, 0) is 29.8 Å². The maximum atomic E-state index is 12.9. The van der Waals surface area contributed by atoms with Crippen LogP contribution in [0.25, 0.3) is 0 Å². The molecule has 2 aromatic carbocycles. The molecule has 0 atom stereocenters. The molecule has 0 saturated carbocycles. The number of rotatable bonds is 3. The fraction of sp³-hybridized carbons (Fsp3) is 0.176. The maximum Gasteiger partial charge on any atom is 0.232 e. The Balaban J connectivity index is 1.77. The second-order valence-electron chi connectivity index (χ2n) is 5.06. The first-order valence-electron chi connectivity index (χ1n) is 6.99. The van der Waals surface area contributed by atoms with Crippen LogP contribution in [-0.4, -0.2) is 29.7 Å². The molecule has 1 aliphatic rings. The Morgan fingerprint density at radius 1 is 1.23 bits per heavy atom. The molecule has 0 saturated heterocycles. The van der Waals surface area contributed by atoms with Crippen LogP contribution < -0.4 is 0 Å². The van der Waals surface area contributed by atoms with Crippen LogP contribution in [0.2, 0.25) is 5.02 Å². The monoisotopic (exact) mass is 316 g/mol. The summed E-state index contributed by atoms with van der Waals surface area (Å²) in [4.78, 5) is 18.6. The van der Waals surface area contributed by atoms with Crippen LogP contribution >= 0.6 is 11.6 Å². The molecular weight excluding hydrogens is 303 g/mol. The zero-order valence-electron chi connectivity index (χ0n) is 11.8. The Labute approximate surface area is 133 Å². The van der Waals surface area contributed by atoms with Gasteiger partial charge in [-0.15, -0.1) is 0 Å². The minimum atomic E-state index is -0.307. The summed E-state index contributed by atoms with van der Waals surface area (Å²) in [5.41, 5.74) is 1.61. The van der Waals surface area contributed by atoms with Crippen LogP contribution in [0, 0.1) is 5.82 Å². The van der Waals surface area contributed by atoms with Crippen LogP contribution in [0.15, 0.2) is 53.5 Å². The molecule has 22 heavy (non-hydrogen) atoms. The summed E-state index contributed by atoms with van der Waals surface area (Å²) in [7, 11) is 0. The summed E-state index contributed by atoms with van der Waals surface area (Å²) in [6.45, 7) is 1.14. The highest BCUT2D eigenvalue weighted by Crippen LogP contribution is 2.17. The van der Waals surface area contributed by atoms with Crippen molar-refractivity contribution in [2.45, 2.75) is 6.42 Å². The van der Waals surface area contributed by atoms with Crippen molar-refractivity contribution in [2.24, 2.45) is 4.99 Å². The van der Waals surface area contributed by atoms with E-state index in [9.17, 15) is 9.18 Å². The Kier molecular flexibility index (Phi) is 4.20. The van der Waals surface area contributed by atoms with Crippen molar-refractivity contribution in [2.75, 3.05) is 13.1 Å². The first-order chi connectivity index (χ1) is 10.6. The summed E-state index contributed by atoms with van der Waals surface area (Å²) in [5.74, 6) is 0.288. The van der Waals surface area contributed by atoms with Gasteiger partial charge in [0, 0.05) is 17.1 Å². The fourth-order valence-corrected chi connectivity index (χ4v) is 2.63. The van der Waals surface area contributed by atoms with Crippen LogP contribution in [0.5, 0.6) is 0 Å². The molecule has 3 nitrogen and oxygen atoms in total. The quantitative estimate of drug-likeness (QED) is 0.855. The van der Waals surface area contributed by atoms with Crippen molar-refractivity contribution in [3.05, 3.63) is 70.5 Å². The molecule has 0 N–H and O–H groups in total. The van der Waals surface area contributed by atoms with Gasteiger partial charge in [0.15, 0.2) is 0 Å². The lowest BCUT2D eigenvalue weighted by molar-refractivity contribution is -0.126. The van der Waals surface area contributed by atoms with Gasteiger partial charge in [-0.3, -0.25) is 14.7 Å². The molecule has 0 unspecified atom stereocenters. The zero-order valence-corrected chi connectivity index (χ0v) is 12.6. The molecule has 0 fully saturated rings. The van der Waals surface area contributed by atoms with Gasteiger partial charge in [0.1, 0.15) is 11.7 Å². The highest BCUT2D eigenvalue weighted by atomic mass is 35.5. The third-order valence-electron chi connectivity index (χ3n) is 3.49. The number of carbonyl (C=O) groups excluding carboxylic acids is 1. The minimum Gasteiger partial charge on any atom is -0.294 e. The summed E-state index contributed by atoms with van der Waals surface area (Å²) in [6, 6.07) is 13.3. The van der Waals surface area contributed by atoms with Crippen molar-refractivity contribution in [3.63, 3.8) is 0 Å². The Bertz CT molecular complexity index is 728. The van der Waals surface area contributed by atoms with Gasteiger partial charge in [-0.2, -0.15) is 0 Å². The summed E-state index contributed by atoms with van der Waals surface area (Å²) in [5, 5.41) is 0.609. The average Bonchev–Trinajstić information content (AvgIpc) is 2.99. The zero-order chi connectivity index (χ0) is 15.5. The lowest BCUT2D eigenvalue weighted by atomic mass is 10.1. The highest BCUT2D eigenvalue weighted by Gasteiger charge is 2.24.